The molecule has 23 heavy (non-hydrogen) atoms. The minimum absolute atomic E-state index is 0.0989. The zero-order valence-electron chi connectivity index (χ0n) is 13.1. The fraction of sp³-hybridized carbons (Fsp3) is 0.467. The molecule has 126 valence electrons. The van der Waals surface area contributed by atoms with Crippen molar-refractivity contribution in [1.29, 1.82) is 0 Å². The second-order valence-electron chi connectivity index (χ2n) is 5.07. The molecule has 0 spiro atoms. The van der Waals surface area contributed by atoms with Gasteiger partial charge in [0.15, 0.2) is 5.11 Å². The summed E-state index contributed by atoms with van der Waals surface area (Å²) in [5, 5.41) is 6.38. The lowest BCUT2D eigenvalue weighted by molar-refractivity contribution is -0.119. The van der Waals surface area contributed by atoms with Gasteiger partial charge in [-0.15, -0.1) is 0 Å². The standard InChI is InChI=1S/C15H22N4O3S/c1-21-13-7-3-2-6-12(13)16-10-14(20)18-19-15(23)17-9-11-5-4-8-22-11/h2-3,6-7,11,16H,4-5,8-10H2,1H3,(H,18,20)(H2,17,19,23)/t11-/m1/s1. The Bertz CT molecular complexity index is 535. The molecule has 1 atom stereocenters. The largest absolute Gasteiger partial charge is 0.495 e. The van der Waals surface area contributed by atoms with Crippen molar-refractivity contribution in [3.63, 3.8) is 0 Å². The number of nitrogens with one attached hydrogen (secondary N) is 4. The van der Waals surface area contributed by atoms with Crippen molar-refractivity contribution in [3.05, 3.63) is 24.3 Å². The van der Waals surface area contributed by atoms with E-state index < -0.39 is 0 Å². The van der Waals surface area contributed by atoms with E-state index >= 15 is 0 Å². The fourth-order valence-corrected chi connectivity index (χ4v) is 2.33. The van der Waals surface area contributed by atoms with Crippen LogP contribution in [0.15, 0.2) is 24.3 Å². The van der Waals surface area contributed by atoms with Crippen LogP contribution in [0.25, 0.3) is 0 Å². The summed E-state index contributed by atoms with van der Waals surface area (Å²) in [5.74, 6) is 0.444. The summed E-state index contributed by atoms with van der Waals surface area (Å²) in [5.41, 5.74) is 5.95. The molecular weight excluding hydrogens is 316 g/mol. The Hall–Kier alpha value is -2.06. The van der Waals surface area contributed by atoms with Gasteiger partial charge in [0.2, 0.25) is 0 Å². The van der Waals surface area contributed by atoms with Gasteiger partial charge in [0.1, 0.15) is 5.75 Å². The third kappa shape index (κ3) is 5.91. The van der Waals surface area contributed by atoms with Crippen LogP contribution < -0.4 is 26.2 Å². The van der Waals surface area contributed by atoms with Crippen molar-refractivity contribution in [3.8, 4) is 5.75 Å². The lowest BCUT2D eigenvalue weighted by atomic mass is 10.2. The molecule has 4 N–H and O–H groups in total. The van der Waals surface area contributed by atoms with E-state index in [0.29, 0.717) is 17.4 Å². The maximum absolute atomic E-state index is 11.8. The van der Waals surface area contributed by atoms with Gasteiger partial charge in [-0.1, -0.05) is 12.1 Å². The highest BCUT2D eigenvalue weighted by Crippen LogP contribution is 2.22. The molecule has 0 aromatic heterocycles. The van der Waals surface area contributed by atoms with E-state index in [9.17, 15) is 4.79 Å². The average Bonchev–Trinajstić information content (AvgIpc) is 3.10. The summed E-state index contributed by atoms with van der Waals surface area (Å²) in [6.07, 6.45) is 2.31. The Morgan fingerprint density at radius 3 is 2.96 bits per heavy atom. The monoisotopic (exact) mass is 338 g/mol. The van der Waals surface area contributed by atoms with E-state index in [1.165, 1.54) is 0 Å². The van der Waals surface area contributed by atoms with E-state index in [0.717, 1.165) is 25.1 Å². The normalized spacial score (nSPS) is 16.5. The third-order valence-electron chi connectivity index (χ3n) is 3.38. The van der Waals surface area contributed by atoms with Crippen molar-refractivity contribution < 1.29 is 14.3 Å². The molecule has 1 aliphatic heterocycles. The van der Waals surface area contributed by atoms with Gasteiger partial charge < -0.3 is 20.1 Å². The molecule has 0 saturated carbocycles. The molecule has 8 heteroatoms. The van der Waals surface area contributed by atoms with Crippen molar-refractivity contribution >= 4 is 28.9 Å². The number of methoxy groups -OCH3 is 1. The van der Waals surface area contributed by atoms with Crippen LogP contribution in [0, 0.1) is 0 Å². The Labute approximate surface area is 141 Å². The first kappa shape index (κ1) is 17.3. The predicted octanol–water partition coefficient (Wildman–Crippen LogP) is 0.781. The van der Waals surface area contributed by atoms with E-state index in [1.807, 2.05) is 24.3 Å². The molecule has 0 radical (unpaired) electrons. The van der Waals surface area contributed by atoms with Gasteiger partial charge in [0.25, 0.3) is 5.91 Å². The van der Waals surface area contributed by atoms with E-state index in [2.05, 4.69) is 21.5 Å². The minimum Gasteiger partial charge on any atom is -0.495 e. The second kappa shape index (κ2) is 9.16. The van der Waals surface area contributed by atoms with Crippen molar-refractivity contribution in [2.45, 2.75) is 18.9 Å². The number of carbonyl (C=O) groups is 1. The Morgan fingerprint density at radius 1 is 1.39 bits per heavy atom. The minimum atomic E-state index is -0.239. The molecule has 0 aliphatic carbocycles. The molecule has 1 aromatic rings. The second-order valence-corrected chi connectivity index (χ2v) is 5.48. The van der Waals surface area contributed by atoms with Crippen LogP contribution in [0.4, 0.5) is 5.69 Å². The van der Waals surface area contributed by atoms with Gasteiger partial charge in [-0.3, -0.25) is 15.6 Å². The van der Waals surface area contributed by atoms with Crippen molar-refractivity contribution in [1.82, 2.24) is 16.2 Å². The maximum Gasteiger partial charge on any atom is 0.257 e. The fourth-order valence-electron chi connectivity index (χ4n) is 2.19. The number of benzene rings is 1. The molecule has 2 rings (SSSR count). The Kier molecular flexibility index (Phi) is 6.89. The third-order valence-corrected chi connectivity index (χ3v) is 3.62. The number of amides is 1. The zero-order chi connectivity index (χ0) is 16.5. The van der Waals surface area contributed by atoms with Crippen molar-refractivity contribution in [2.75, 3.05) is 32.1 Å². The van der Waals surface area contributed by atoms with Crippen LogP contribution in [0.3, 0.4) is 0 Å². The molecule has 1 fully saturated rings. The van der Waals surface area contributed by atoms with Gasteiger partial charge in [-0.05, 0) is 37.2 Å². The van der Waals surface area contributed by atoms with Crippen LogP contribution in [0.5, 0.6) is 5.75 Å². The average molecular weight is 338 g/mol. The van der Waals surface area contributed by atoms with E-state index in [-0.39, 0.29) is 18.6 Å². The highest BCUT2D eigenvalue weighted by atomic mass is 32.1. The van der Waals surface area contributed by atoms with Gasteiger partial charge in [-0.2, -0.15) is 0 Å². The number of hydrazine groups is 1. The van der Waals surface area contributed by atoms with Crippen LogP contribution in [-0.4, -0.2) is 43.9 Å². The summed E-state index contributed by atoms with van der Waals surface area (Å²) in [6, 6.07) is 7.39. The highest BCUT2D eigenvalue weighted by molar-refractivity contribution is 7.80. The summed E-state index contributed by atoms with van der Waals surface area (Å²) in [4.78, 5) is 11.8. The number of hydrogen-bond donors (Lipinski definition) is 4. The van der Waals surface area contributed by atoms with E-state index in [4.69, 9.17) is 21.7 Å². The molecule has 1 heterocycles. The van der Waals surface area contributed by atoms with Crippen LogP contribution in [0.2, 0.25) is 0 Å². The van der Waals surface area contributed by atoms with Crippen LogP contribution in [-0.2, 0) is 9.53 Å². The molecule has 1 amide bonds. The van der Waals surface area contributed by atoms with Gasteiger partial charge in [0, 0.05) is 13.2 Å². The summed E-state index contributed by atoms with van der Waals surface area (Å²) in [7, 11) is 1.58. The molecule has 1 aliphatic rings. The summed E-state index contributed by atoms with van der Waals surface area (Å²) >= 11 is 5.09. The first-order valence-electron chi connectivity index (χ1n) is 7.50. The lowest BCUT2D eigenvalue weighted by Crippen LogP contribution is -2.49. The SMILES string of the molecule is COc1ccccc1NCC(=O)NNC(=S)NC[C@H]1CCCO1. The van der Waals surface area contributed by atoms with Crippen molar-refractivity contribution in [2.24, 2.45) is 0 Å². The van der Waals surface area contributed by atoms with Gasteiger partial charge >= 0.3 is 0 Å². The van der Waals surface area contributed by atoms with Gasteiger partial charge in [0.05, 0.1) is 25.4 Å². The molecule has 1 aromatic carbocycles. The number of para-hydroxylation sites is 2. The highest BCUT2D eigenvalue weighted by Gasteiger charge is 2.15. The van der Waals surface area contributed by atoms with Crippen LogP contribution >= 0.6 is 12.2 Å². The molecule has 1 saturated heterocycles. The number of thiocarbonyl (C=S) groups is 1. The number of hydrogen-bond acceptors (Lipinski definition) is 5. The quantitative estimate of drug-likeness (QED) is 0.451. The predicted molar refractivity (Wildman–Crippen MR) is 92.3 cm³/mol. The molecular formula is C15H22N4O3S. The lowest BCUT2D eigenvalue weighted by Gasteiger charge is -2.15. The Morgan fingerprint density at radius 2 is 2.22 bits per heavy atom. The number of anilines is 1. The van der Waals surface area contributed by atoms with Crippen LogP contribution in [0.1, 0.15) is 12.8 Å². The summed E-state index contributed by atoms with van der Waals surface area (Å²) in [6.45, 7) is 1.54. The number of ether oxygens (including phenoxy) is 2. The van der Waals surface area contributed by atoms with E-state index in [1.54, 1.807) is 7.11 Å². The Balaban J connectivity index is 1.63. The topological polar surface area (TPSA) is 83.7 Å². The molecule has 7 nitrogen and oxygen atoms in total. The first-order chi connectivity index (χ1) is 11.2. The van der Waals surface area contributed by atoms with Gasteiger partial charge in [-0.25, -0.2) is 0 Å². The molecule has 0 unspecified atom stereocenters. The zero-order valence-corrected chi connectivity index (χ0v) is 13.9. The first-order valence-corrected chi connectivity index (χ1v) is 7.91. The summed E-state index contributed by atoms with van der Waals surface area (Å²) < 4.78 is 10.7. The maximum atomic E-state index is 11.8. The molecule has 0 bridgehead atoms. The number of carbonyl (C=O) groups excluding carboxylic acids is 1. The number of rotatable bonds is 6. The smallest absolute Gasteiger partial charge is 0.257 e.